The van der Waals surface area contributed by atoms with Gasteiger partial charge in [-0.1, -0.05) is 36.4 Å². The molecule has 9 nitrogen and oxygen atoms in total. The van der Waals surface area contributed by atoms with Crippen LogP contribution in [0.25, 0.3) is 10.8 Å². The predicted octanol–water partition coefficient (Wildman–Crippen LogP) is 3.90. The van der Waals surface area contributed by atoms with Gasteiger partial charge in [-0.2, -0.15) is 0 Å². The number of ketones is 1. The zero-order valence-electron chi connectivity index (χ0n) is 24.1. The highest BCUT2D eigenvalue weighted by atomic mass is 16.9. The van der Waals surface area contributed by atoms with E-state index in [1.807, 2.05) is 71.0 Å². The molecule has 0 saturated carbocycles. The van der Waals surface area contributed by atoms with Crippen LogP contribution in [-0.4, -0.2) is 78.1 Å². The second kappa shape index (κ2) is 8.58. The van der Waals surface area contributed by atoms with E-state index in [9.17, 15) is 9.59 Å². The van der Waals surface area contributed by atoms with Crippen LogP contribution in [0.15, 0.2) is 36.4 Å². The van der Waals surface area contributed by atoms with Crippen LogP contribution in [0.5, 0.6) is 0 Å². The molecule has 5 fully saturated rings. The van der Waals surface area contributed by atoms with Gasteiger partial charge < -0.3 is 28.4 Å². The van der Waals surface area contributed by atoms with Crippen LogP contribution >= 0.6 is 0 Å². The highest BCUT2D eigenvalue weighted by molar-refractivity contribution is 6.21. The fourth-order valence-electron chi connectivity index (χ4n) is 9.00. The third-order valence-corrected chi connectivity index (χ3v) is 10.0. The van der Waals surface area contributed by atoms with Crippen molar-refractivity contribution in [3.8, 4) is 0 Å². The van der Waals surface area contributed by atoms with Gasteiger partial charge in [0.2, 0.25) is 0 Å². The zero-order valence-corrected chi connectivity index (χ0v) is 24.1. The summed E-state index contributed by atoms with van der Waals surface area (Å²) in [7, 11) is 0. The van der Waals surface area contributed by atoms with Crippen LogP contribution < -0.4 is 0 Å². The van der Waals surface area contributed by atoms with Crippen molar-refractivity contribution in [2.24, 2.45) is 11.8 Å². The number of fused-ring (bicyclic) bond motifs is 6. The molecule has 2 aromatic rings. The van der Waals surface area contributed by atoms with Gasteiger partial charge in [0, 0.05) is 17.5 Å². The first-order valence-electron chi connectivity index (χ1n) is 14.9. The minimum Gasteiger partial charge on any atom is -0.466 e. The van der Waals surface area contributed by atoms with E-state index in [0.717, 1.165) is 29.2 Å². The second-order valence-electron chi connectivity index (χ2n) is 13.1. The molecule has 0 N–H and O–H groups in total. The van der Waals surface area contributed by atoms with Crippen molar-refractivity contribution in [1.82, 2.24) is 4.90 Å². The standard InChI is InChI=1S/C32H37NO8/c1-6-36-28(35)22-21(23-24-25(39-30(2,3)38-24)26-29(37-23)41-31(4,5)40-26)19-14-9-15-33(19)32(22)18-13-8-11-16-10-7-12-17(20(16)18)27(32)34/h7-8,10-13,19,21-26,29H,6,9,14-15H2,1-5H3/t19?,21-,22-,23+,24-,25-,26+,29+,32+/m0/s1. The number of nitrogens with zero attached hydrogens (tertiary/aromatic N) is 1. The van der Waals surface area contributed by atoms with Gasteiger partial charge >= 0.3 is 5.97 Å². The van der Waals surface area contributed by atoms with Gasteiger partial charge in [-0.3, -0.25) is 14.5 Å². The lowest BCUT2D eigenvalue weighted by Crippen LogP contribution is -2.60. The van der Waals surface area contributed by atoms with Crippen LogP contribution in [0.4, 0.5) is 0 Å². The van der Waals surface area contributed by atoms with Crippen molar-refractivity contribution < 1.29 is 38.0 Å². The Labute approximate surface area is 239 Å². The van der Waals surface area contributed by atoms with E-state index >= 15 is 0 Å². The molecule has 5 heterocycles. The molecule has 2 aromatic carbocycles. The molecule has 5 aliphatic heterocycles. The van der Waals surface area contributed by atoms with E-state index in [2.05, 4.69) is 4.90 Å². The molecule has 218 valence electrons. The minimum absolute atomic E-state index is 0.0347. The Kier molecular flexibility index (Phi) is 5.49. The Morgan fingerprint density at radius 3 is 2.39 bits per heavy atom. The maximum atomic E-state index is 14.8. The average Bonchev–Trinajstić information content (AvgIpc) is 3.69. The normalized spacial score (nSPS) is 41.6. The maximum absolute atomic E-state index is 14.8. The lowest BCUT2D eigenvalue weighted by Gasteiger charge is -2.43. The van der Waals surface area contributed by atoms with Crippen molar-refractivity contribution in [3.05, 3.63) is 47.5 Å². The highest BCUT2D eigenvalue weighted by Gasteiger charge is 2.73. The Morgan fingerprint density at radius 1 is 0.951 bits per heavy atom. The number of hydrogen-bond donors (Lipinski definition) is 0. The Hall–Kier alpha value is -2.40. The van der Waals surface area contributed by atoms with Gasteiger partial charge in [-0.05, 0) is 70.3 Å². The summed E-state index contributed by atoms with van der Waals surface area (Å²) in [5.41, 5.74) is 0.369. The number of carbonyl (C=O) groups is 2. The van der Waals surface area contributed by atoms with E-state index < -0.39 is 59.7 Å². The lowest BCUT2D eigenvalue weighted by atomic mass is 9.69. The molecule has 0 aromatic heterocycles. The van der Waals surface area contributed by atoms with Gasteiger partial charge in [0.15, 0.2) is 23.6 Å². The first-order valence-corrected chi connectivity index (χ1v) is 14.9. The lowest BCUT2D eigenvalue weighted by molar-refractivity contribution is -0.249. The van der Waals surface area contributed by atoms with E-state index in [4.69, 9.17) is 28.4 Å². The molecule has 5 saturated heterocycles. The largest absolute Gasteiger partial charge is 0.466 e. The van der Waals surface area contributed by atoms with E-state index in [0.29, 0.717) is 12.1 Å². The quantitative estimate of drug-likeness (QED) is 0.516. The molecule has 6 aliphatic rings. The summed E-state index contributed by atoms with van der Waals surface area (Å²) in [6, 6.07) is 11.8. The molecule has 41 heavy (non-hydrogen) atoms. The topological polar surface area (TPSA) is 92.8 Å². The van der Waals surface area contributed by atoms with Crippen LogP contribution in [0.1, 0.15) is 63.4 Å². The van der Waals surface area contributed by atoms with Gasteiger partial charge in [0.05, 0.1) is 18.6 Å². The summed E-state index contributed by atoms with van der Waals surface area (Å²) < 4.78 is 38.1. The molecule has 1 aliphatic carbocycles. The Balaban J connectivity index is 1.32. The number of carbonyl (C=O) groups excluding carboxylic acids is 2. The molecular weight excluding hydrogens is 526 g/mol. The number of hydrogen-bond acceptors (Lipinski definition) is 9. The van der Waals surface area contributed by atoms with Crippen molar-refractivity contribution in [2.45, 2.75) is 101 Å². The minimum atomic E-state index is -1.18. The molecule has 0 amide bonds. The Bertz CT molecular complexity index is 1450. The molecule has 1 unspecified atom stereocenters. The van der Waals surface area contributed by atoms with Crippen LogP contribution in [0, 0.1) is 11.8 Å². The molecular formula is C32H37NO8. The smallest absolute Gasteiger partial charge is 0.312 e. The van der Waals surface area contributed by atoms with Crippen molar-refractivity contribution in [1.29, 1.82) is 0 Å². The monoisotopic (exact) mass is 563 g/mol. The fourth-order valence-corrected chi connectivity index (χ4v) is 9.00. The third kappa shape index (κ3) is 3.39. The summed E-state index contributed by atoms with van der Waals surface area (Å²) in [5, 5.41) is 1.93. The number of ether oxygens (including phenoxy) is 6. The molecule has 1 spiro atoms. The number of benzene rings is 2. The van der Waals surface area contributed by atoms with Crippen LogP contribution in [0.3, 0.4) is 0 Å². The van der Waals surface area contributed by atoms with E-state index in [1.54, 1.807) is 0 Å². The first-order chi connectivity index (χ1) is 19.6. The third-order valence-electron chi connectivity index (χ3n) is 10.0. The first kappa shape index (κ1) is 26.2. The predicted molar refractivity (Wildman–Crippen MR) is 146 cm³/mol. The summed E-state index contributed by atoms with van der Waals surface area (Å²) in [5.74, 6) is -3.35. The fraction of sp³-hybridized carbons (Fsp3) is 0.625. The number of esters is 1. The maximum Gasteiger partial charge on any atom is 0.312 e. The van der Waals surface area contributed by atoms with Gasteiger partial charge in [0.25, 0.3) is 0 Å². The summed E-state index contributed by atoms with van der Waals surface area (Å²) in [6.07, 6.45) is -0.975. The zero-order chi connectivity index (χ0) is 28.5. The number of Topliss-reactive ketones (excluding diaryl/α,β-unsaturated/α-hetero) is 1. The molecule has 0 bridgehead atoms. The summed E-state index contributed by atoms with van der Waals surface area (Å²) in [4.78, 5) is 31.4. The van der Waals surface area contributed by atoms with Gasteiger partial charge in [-0.25, -0.2) is 0 Å². The van der Waals surface area contributed by atoms with Crippen molar-refractivity contribution >= 4 is 22.5 Å². The Morgan fingerprint density at radius 2 is 1.63 bits per heavy atom. The van der Waals surface area contributed by atoms with Gasteiger partial charge in [-0.15, -0.1) is 0 Å². The van der Waals surface area contributed by atoms with Crippen molar-refractivity contribution in [3.63, 3.8) is 0 Å². The SMILES string of the molecule is CCOC(=O)[C@@H]1[C@@H]([C@H]2O[C@@H]3OC(C)(C)O[C@@H]3[C@H]3OC(C)(C)O[C@H]32)C2CCCN2[C@@]12C(=O)c1cccc3cccc2c13. The van der Waals surface area contributed by atoms with Crippen LogP contribution in [0.2, 0.25) is 0 Å². The van der Waals surface area contributed by atoms with Crippen LogP contribution in [-0.2, 0) is 38.8 Å². The molecule has 0 radical (unpaired) electrons. The molecule has 9 atom stereocenters. The number of rotatable bonds is 3. The summed E-state index contributed by atoms with van der Waals surface area (Å²) in [6.45, 7) is 10.2. The molecule has 8 rings (SSSR count). The van der Waals surface area contributed by atoms with E-state index in [-0.39, 0.29) is 24.4 Å². The highest BCUT2D eigenvalue weighted by Crippen LogP contribution is 2.62. The molecule has 9 heteroatoms. The summed E-state index contributed by atoms with van der Waals surface area (Å²) >= 11 is 0. The second-order valence-corrected chi connectivity index (χ2v) is 13.1. The average molecular weight is 564 g/mol. The van der Waals surface area contributed by atoms with Crippen molar-refractivity contribution in [2.75, 3.05) is 13.2 Å². The van der Waals surface area contributed by atoms with Gasteiger partial charge in [0.1, 0.15) is 23.9 Å². The van der Waals surface area contributed by atoms with E-state index in [1.165, 1.54) is 0 Å².